The van der Waals surface area contributed by atoms with Gasteiger partial charge in [-0.3, -0.25) is 4.79 Å². The van der Waals surface area contributed by atoms with Crippen LogP contribution in [0.5, 0.6) is 0 Å². The van der Waals surface area contributed by atoms with Gasteiger partial charge in [-0.05, 0) is 23.6 Å². The molecule has 1 aliphatic rings. The molecule has 4 rings (SSSR count). The van der Waals surface area contributed by atoms with E-state index < -0.39 is 0 Å². The maximum absolute atomic E-state index is 12.8. The van der Waals surface area contributed by atoms with Crippen LogP contribution >= 0.6 is 11.3 Å². The number of benzene rings is 1. The normalized spacial score (nSPS) is 14.0. The molecule has 0 aliphatic carbocycles. The van der Waals surface area contributed by atoms with Crippen LogP contribution < -0.4 is 9.80 Å². The molecular weight excluding hydrogens is 310 g/mol. The summed E-state index contributed by atoms with van der Waals surface area (Å²) in [5.41, 5.74) is 2.30. The van der Waals surface area contributed by atoms with Gasteiger partial charge in [-0.1, -0.05) is 23.4 Å². The third-order valence-corrected chi connectivity index (χ3v) is 4.87. The summed E-state index contributed by atoms with van der Waals surface area (Å²) in [5, 5.41) is 5.93. The number of nitrogens with zero attached hydrogens (tertiary/aromatic N) is 3. The number of rotatable bonds is 2. The summed E-state index contributed by atoms with van der Waals surface area (Å²) in [7, 11) is 2.03. The molecule has 5 nitrogen and oxygen atoms in total. The van der Waals surface area contributed by atoms with Crippen LogP contribution in [-0.4, -0.2) is 31.2 Å². The van der Waals surface area contributed by atoms with E-state index in [2.05, 4.69) is 10.1 Å². The fraction of sp³-hybridized carbons (Fsp3) is 0.176. The Hall–Kier alpha value is -2.60. The van der Waals surface area contributed by atoms with Crippen molar-refractivity contribution in [2.45, 2.75) is 0 Å². The van der Waals surface area contributed by atoms with E-state index in [0.29, 0.717) is 18.0 Å². The summed E-state index contributed by atoms with van der Waals surface area (Å²) < 4.78 is 5.33. The number of carbonyl (C=O) groups excluding carboxylic acids is 1. The lowest BCUT2D eigenvalue weighted by Crippen LogP contribution is -2.42. The van der Waals surface area contributed by atoms with Gasteiger partial charge in [0.15, 0.2) is 11.5 Å². The number of anilines is 2. The van der Waals surface area contributed by atoms with Crippen molar-refractivity contribution in [1.82, 2.24) is 5.16 Å². The Morgan fingerprint density at radius 1 is 1.17 bits per heavy atom. The number of hydrogen-bond donors (Lipinski definition) is 0. The highest BCUT2D eigenvalue weighted by Crippen LogP contribution is 2.33. The number of fused-ring (bicyclic) bond motifs is 1. The molecule has 0 atom stereocenters. The lowest BCUT2D eigenvalue weighted by atomic mass is 10.1. The highest BCUT2D eigenvalue weighted by atomic mass is 32.1. The molecule has 0 unspecified atom stereocenters. The number of aromatic nitrogens is 1. The third kappa shape index (κ3) is 2.41. The van der Waals surface area contributed by atoms with Crippen molar-refractivity contribution in [2.75, 3.05) is 29.9 Å². The Labute approximate surface area is 137 Å². The summed E-state index contributed by atoms with van der Waals surface area (Å²) in [6, 6.07) is 13.5. The maximum atomic E-state index is 12.8. The number of thiophene rings is 1. The number of hydrogen-bond acceptors (Lipinski definition) is 5. The fourth-order valence-corrected chi connectivity index (χ4v) is 3.44. The van der Waals surface area contributed by atoms with Gasteiger partial charge >= 0.3 is 0 Å². The lowest BCUT2D eigenvalue weighted by Gasteiger charge is -2.35. The topological polar surface area (TPSA) is 49.6 Å². The molecule has 0 saturated carbocycles. The highest BCUT2D eigenvalue weighted by molar-refractivity contribution is 7.13. The van der Waals surface area contributed by atoms with Crippen LogP contribution in [0.1, 0.15) is 10.5 Å². The van der Waals surface area contributed by atoms with Gasteiger partial charge in [0.1, 0.15) is 0 Å². The Morgan fingerprint density at radius 3 is 2.78 bits per heavy atom. The summed E-state index contributed by atoms with van der Waals surface area (Å²) in [5.74, 6) is 0.503. The van der Waals surface area contributed by atoms with Crippen LogP contribution in [0.2, 0.25) is 0 Å². The molecular formula is C17H15N3O2S. The van der Waals surface area contributed by atoms with Crippen LogP contribution in [0.3, 0.4) is 0 Å². The highest BCUT2D eigenvalue weighted by Gasteiger charge is 2.27. The van der Waals surface area contributed by atoms with E-state index in [1.807, 2.05) is 48.8 Å². The van der Waals surface area contributed by atoms with Crippen molar-refractivity contribution in [2.24, 2.45) is 0 Å². The first-order valence-corrected chi connectivity index (χ1v) is 8.24. The predicted molar refractivity (Wildman–Crippen MR) is 91.2 cm³/mol. The number of amides is 1. The van der Waals surface area contributed by atoms with Gasteiger partial charge in [-0.15, -0.1) is 11.3 Å². The minimum atomic E-state index is -0.128. The van der Waals surface area contributed by atoms with Crippen molar-refractivity contribution in [3.63, 3.8) is 0 Å². The van der Waals surface area contributed by atoms with E-state index in [1.54, 1.807) is 22.3 Å². The van der Waals surface area contributed by atoms with Crippen LogP contribution in [0.25, 0.3) is 10.6 Å². The van der Waals surface area contributed by atoms with E-state index in [0.717, 1.165) is 22.8 Å². The van der Waals surface area contributed by atoms with E-state index in [4.69, 9.17) is 4.52 Å². The zero-order chi connectivity index (χ0) is 15.8. The molecule has 0 saturated heterocycles. The average molecular weight is 325 g/mol. The monoisotopic (exact) mass is 325 g/mol. The molecule has 0 spiro atoms. The van der Waals surface area contributed by atoms with E-state index >= 15 is 0 Å². The van der Waals surface area contributed by atoms with Crippen molar-refractivity contribution in [1.29, 1.82) is 0 Å². The van der Waals surface area contributed by atoms with E-state index in [-0.39, 0.29) is 5.91 Å². The lowest BCUT2D eigenvalue weighted by molar-refractivity contribution is 0.0978. The molecule has 0 bridgehead atoms. The fourth-order valence-electron chi connectivity index (χ4n) is 2.77. The first-order valence-electron chi connectivity index (χ1n) is 7.36. The SMILES string of the molecule is CN1CCN(C(=O)c2cc(-c3cccs3)on2)c2ccccc21. The van der Waals surface area contributed by atoms with Gasteiger partial charge in [0.2, 0.25) is 0 Å². The van der Waals surface area contributed by atoms with Gasteiger partial charge in [0.05, 0.1) is 16.3 Å². The molecule has 6 heteroatoms. The largest absolute Gasteiger partial charge is 0.371 e. The first kappa shape index (κ1) is 14.0. The molecule has 2 aromatic heterocycles. The van der Waals surface area contributed by atoms with Gasteiger partial charge in [-0.25, -0.2) is 0 Å². The van der Waals surface area contributed by atoms with Crippen molar-refractivity contribution in [3.05, 3.63) is 53.5 Å². The second-order valence-electron chi connectivity index (χ2n) is 5.42. The molecule has 1 aromatic carbocycles. The minimum absolute atomic E-state index is 0.128. The molecule has 0 fully saturated rings. The summed E-state index contributed by atoms with van der Waals surface area (Å²) >= 11 is 1.56. The molecule has 1 amide bonds. The zero-order valence-electron chi connectivity index (χ0n) is 12.6. The second kappa shape index (κ2) is 5.55. The smallest absolute Gasteiger partial charge is 0.280 e. The number of likely N-dealkylation sites (N-methyl/N-ethyl adjacent to an activating group) is 1. The van der Waals surface area contributed by atoms with Crippen LogP contribution in [0.4, 0.5) is 11.4 Å². The summed E-state index contributed by atoms with van der Waals surface area (Å²) in [6.45, 7) is 1.42. The molecule has 0 radical (unpaired) electrons. The summed E-state index contributed by atoms with van der Waals surface area (Å²) in [4.78, 5) is 17.7. The van der Waals surface area contributed by atoms with Gasteiger partial charge < -0.3 is 14.3 Å². The number of para-hydroxylation sites is 2. The average Bonchev–Trinajstić information content (AvgIpc) is 3.26. The van der Waals surface area contributed by atoms with Gasteiger partial charge in [0.25, 0.3) is 5.91 Å². The van der Waals surface area contributed by atoms with E-state index in [9.17, 15) is 4.79 Å². The molecule has 0 N–H and O–H groups in total. The van der Waals surface area contributed by atoms with Crippen molar-refractivity contribution in [3.8, 4) is 10.6 Å². The van der Waals surface area contributed by atoms with Gasteiger partial charge in [-0.2, -0.15) is 0 Å². The second-order valence-corrected chi connectivity index (χ2v) is 6.37. The zero-order valence-corrected chi connectivity index (χ0v) is 13.4. The molecule has 1 aliphatic heterocycles. The van der Waals surface area contributed by atoms with Gasteiger partial charge in [0, 0.05) is 26.2 Å². The molecule has 23 heavy (non-hydrogen) atoms. The Morgan fingerprint density at radius 2 is 2.00 bits per heavy atom. The Kier molecular flexibility index (Phi) is 3.38. The van der Waals surface area contributed by atoms with Crippen molar-refractivity contribution >= 4 is 28.6 Å². The molecule has 3 heterocycles. The Balaban J connectivity index is 1.67. The quantitative estimate of drug-likeness (QED) is 0.723. The standard InChI is InChI=1S/C17H15N3O2S/c1-19-8-9-20(14-6-3-2-5-13(14)19)17(21)12-11-15(22-18-12)16-7-4-10-23-16/h2-7,10-11H,8-9H2,1H3. The van der Waals surface area contributed by atoms with Crippen LogP contribution in [0.15, 0.2) is 52.4 Å². The minimum Gasteiger partial charge on any atom is -0.371 e. The van der Waals surface area contributed by atoms with E-state index in [1.165, 1.54) is 0 Å². The van der Waals surface area contributed by atoms with Crippen molar-refractivity contribution < 1.29 is 9.32 Å². The predicted octanol–water partition coefficient (Wildman–Crippen LogP) is 3.50. The molecule has 3 aromatic rings. The van der Waals surface area contributed by atoms with Crippen LogP contribution in [0, 0.1) is 0 Å². The number of carbonyl (C=O) groups is 1. The summed E-state index contributed by atoms with van der Waals surface area (Å²) in [6.07, 6.45) is 0. The first-order chi connectivity index (χ1) is 11.2. The third-order valence-electron chi connectivity index (χ3n) is 3.98. The Bertz CT molecular complexity index is 841. The molecule has 116 valence electrons. The van der Waals surface area contributed by atoms with Crippen LogP contribution in [-0.2, 0) is 0 Å². The maximum Gasteiger partial charge on any atom is 0.280 e.